The first-order valence-corrected chi connectivity index (χ1v) is 15.3. The first-order valence-electron chi connectivity index (χ1n) is 11.3. The molecule has 7 heteroatoms. The fraction of sp³-hybridized carbons (Fsp3) is 0.0667. The number of halogens is 4. The van der Waals surface area contributed by atoms with E-state index in [2.05, 4.69) is 31.9 Å². The van der Waals surface area contributed by atoms with E-state index in [1.807, 2.05) is 84.9 Å². The Morgan fingerprint density at radius 3 is 1.19 bits per heavy atom. The predicted octanol–water partition coefficient (Wildman–Crippen LogP) is 10.1. The van der Waals surface area contributed by atoms with Gasteiger partial charge in [-0.3, -0.25) is 0 Å². The second kappa shape index (κ2) is 12.6. The van der Waals surface area contributed by atoms with Crippen LogP contribution < -0.4 is 0 Å². The van der Waals surface area contributed by atoms with E-state index in [4.69, 9.17) is 23.2 Å². The highest BCUT2D eigenvalue weighted by Gasteiger charge is 2.33. The van der Waals surface area contributed by atoms with Gasteiger partial charge in [0.1, 0.15) is 10.5 Å². The summed E-state index contributed by atoms with van der Waals surface area (Å²) in [7, 11) is -3.81. The van der Waals surface area contributed by atoms with Gasteiger partial charge in [-0.2, -0.15) is 0 Å². The zero-order valence-electron chi connectivity index (χ0n) is 19.4. The van der Waals surface area contributed by atoms with Crippen molar-refractivity contribution < 1.29 is 8.42 Å². The van der Waals surface area contributed by atoms with Gasteiger partial charge in [0.2, 0.25) is 0 Å². The van der Waals surface area contributed by atoms with E-state index in [1.165, 1.54) is 0 Å². The normalized spacial score (nSPS) is 13.7. The molecule has 4 aromatic rings. The number of rotatable bonds is 8. The van der Waals surface area contributed by atoms with Gasteiger partial charge in [-0.25, -0.2) is 8.42 Å². The molecule has 2 atom stereocenters. The van der Waals surface area contributed by atoms with Crippen LogP contribution in [0.2, 0.25) is 10.0 Å². The van der Waals surface area contributed by atoms with Crippen molar-refractivity contribution in [2.75, 3.05) is 0 Å². The Kier molecular flexibility index (Phi) is 9.49. The van der Waals surface area contributed by atoms with E-state index < -0.39 is 20.3 Å². The van der Waals surface area contributed by atoms with E-state index in [-0.39, 0.29) is 0 Å². The molecule has 0 spiro atoms. The summed E-state index contributed by atoms with van der Waals surface area (Å²) >= 11 is 19.0. The number of hydrogen-bond acceptors (Lipinski definition) is 2. The number of benzene rings is 4. The Morgan fingerprint density at radius 2 is 0.865 bits per heavy atom. The third kappa shape index (κ3) is 7.46. The molecule has 0 saturated carbocycles. The first kappa shape index (κ1) is 27.9. The molecule has 4 aromatic carbocycles. The molecule has 37 heavy (non-hydrogen) atoms. The molecule has 0 fully saturated rings. The molecule has 0 heterocycles. The highest BCUT2D eigenvalue weighted by Crippen LogP contribution is 2.38. The summed E-state index contributed by atoms with van der Waals surface area (Å²) in [5.41, 5.74) is 3.07. The molecule has 0 aromatic heterocycles. The molecule has 0 aliphatic rings. The van der Waals surface area contributed by atoms with Crippen LogP contribution >= 0.6 is 55.1 Å². The molecule has 0 radical (unpaired) electrons. The van der Waals surface area contributed by atoms with Gasteiger partial charge in [-0.1, -0.05) is 128 Å². The molecule has 0 aliphatic heterocycles. The summed E-state index contributed by atoms with van der Waals surface area (Å²) in [5, 5.41) is -0.534. The number of hydrogen-bond donors (Lipinski definition) is 0. The highest BCUT2D eigenvalue weighted by atomic mass is 79.9. The Labute approximate surface area is 244 Å². The van der Waals surface area contributed by atoms with Crippen molar-refractivity contribution in [1.29, 1.82) is 0 Å². The van der Waals surface area contributed by atoms with Gasteiger partial charge < -0.3 is 0 Å². The fourth-order valence-corrected chi connectivity index (χ4v) is 6.59. The third-order valence-electron chi connectivity index (χ3n) is 5.77. The maximum Gasteiger partial charge on any atom is 0.171 e. The van der Waals surface area contributed by atoms with Crippen LogP contribution in [0.15, 0.2) is 118 Å². The lowest BCUT2D eigenvalue weighted by atomic mass is 10.1. The van der Waals surface area contributed by atoms with Gasteiger partial charge in [0.25, 0.3) is 0 Å². The zero-order chi connectivity index (χ0) is 26.4. The van der Waals surface area contributed by atoms with E-state index in [0.29, 0.717) is 21.2 Å². The van der Waals surface area contributed by atoms with Crippen LogP contribution in [0.5, 0.6) is 0 Å². The maximum absolute atomic E-state index is 14.4. The zero-order valence-corrected chi connectivity index (χ0v) is 24.9. The van der Waals surface area contributed by atoms with Gasteiger partial charge >= 0.3 is 0 Å². The molecule has 0 bridgehead atoms. The SMILES string of the molecule is O=S(=O)(C(C=Cc1ccc(Cl)cc1)c1ccc(Br)cc1)C(C=Cc1ccc(Cl)cc1)c1ccc(Br)cc1. The Hall–Kier alpha value is -2.15. The van der Waals surface area contributed by atoms with Gasteiger partial charge in [0, 0.05) is 19.0 Å². The summed E-state index contributed by atoms with van der Waals surface area (Å²) < 4.78 is 30.5. The monoisotopic (exact) mass is 674 g/mol. The van der Waals surface area contributed by atoms with Crippen molar-refractivity contribution in [1.82, 2.24) is 0 Å². The smallest absolute Gasteiger partial charge is 0.171 e. The second-order valence-electron chi connectivity index (χ2n) is 8.35. The molecule has 0 amide bonds. The molecule has 0 aliphatic carbocycles. The molecular formula is C30H22Br2Cl2O2S. The van der Waals surface area contributed by atoms with Gasteiger partial charge in [0.15, 0.2) is 9.84 Å². The van der Waals surface area contributed by atoms with E-state index in [1.54, 1.807) is 36.4 Å². The average molecular weight is 677 g/mol. The predicted molar refractivity (Wildman–Crippen MR) is 164 cm³/mol. The lowest BCUT2D eigenvalue weighted by molar-refractivity contribution is 0.584. The fourth-order valence-electron chi connectivity index (χ4n) is 3.83. The van der Waals surface area contributed by atoms with Crippen molar-refractivity contribution >= 4 is 77.1 Å². The van der Waals surface area contributed by atoms with Gasteiger partial charge in [0.05, 0.1) is 0 Å². The van der Waals surface area contributed by atoms with Crippen LogP contribution in [0, 0.1) is 0 Å². The Morgan fingerprint density at radius 1 is 0.541 bits per heavy atom. The molecule has 2 unspecified atom stereocenters. The molecule has 0 saturated heterocycles. The van der Waals surface area contributed by atoms with Crippen molar-refractivity contribution in [2.45, 2.75) is 10.5 Å². The minimum Gasteiger partial charge on any atom is -0.227 e. The minimum atomic E-state index is -3.81. The van der Waals surface area contributed by atoms with Crippen molar-refractivity contribution in [2.24, 2.45) is 0 Å². The van der Waals surface area contributed by atoms with Crippen LogP contribution in [0.1, 0.15) is 32.8 Å². The molecule has 2 nitrogen and oxygen atoms in total. The summed E-state index contributed by atoms with van der Waals surface area (Å²) in [6, 6.07) is 29.3. The lowest BCUT2D eigenvalue weighted by Crippen LogP contribution is -2.19. The van der Waals surface area contributed by atoms with E-state index in [0.717, 1.165) is 20.1 Å². The first-order chi connectivity index (χ1) is 17.7. The van der Waals surface area contributed by atoms with Crippen LogP contribution in [-0.2, 0) is 9.84 Å². The summed E-state index contributed by atoms with van der Waals surface area (Å²) in [6.45, 7) is 0. The molecular weight excluding hydrogens is 655 g/mol. The lowest BCUT2D eigenvalue weighted by Gasteiger charge is -2.22. The summed E-state index contributed by atoms with van der Waals surface area (Å²) in [6.07, 6.45) is 7.12. The van der Waals surface area contributed by atoms with Gasteiger partial charge in [-0.15, -0.1) is 0 Å². The number of sulfone groups is 1. The van der Waals surface area contributed by atoms with Crippen LogP contribution in [0.25, 0.3) is 12.2 Å². The summed E-state index contributed by atoms with van der Waals surface area (Å²) in [5.74, 6) is 0. The standard InChI is InChI=1S/C30H22Br2Cl2O2S/c31-25-11-7-23(8-12-25)29(19-5-21-1-15-27(33)16-2-21)37(35,36)30(24-9-13-26(32)14-10-24)20-6-22-3-17-28(34)18-4-22/h1-20,29-30H. The molecule has 188 valence electrons. The van der Waals surface area contributed by atoms with Crippen LogP contribution in [0.3, 0.4) is 0 Å². The average Bonchev–Trinajstić information content (AvgIpc) is 2.88. The second-order valence-corrected chi connectivity index (χ2v) is 13.3. The third-order valence-corrected chi connectivity index (χ3v) is 9.61. The largest absolute Gasteiger partial charge is 0.227 e. The highest BCUT2D eigenvalue weighted by molar-refractivity contribution is 9.10. The topological polar surface area (TPSA) is 34.1 Å². The minimum absolute atomic E-state index is 0.622. The van der Waals surface area contributed by atoms with Crippen molar-refractivity contribution in [3.63, 3.8) is 0 Å². The van der Waals surface area contributed by atoms with Crippen LogP contribution in [-0.4, -0.2) is 8.42 Å². The Balaban J connectivity index is 1.81. The quantitative estimate of drug-likeness (QED) is 0.186. The molecule has 4 rings (SSSR count). The van der Waals surface area contributed by atoms with Crippen molar-refractivity contribution in [3.05, 3.63) is 150 Å². The maximum atomic E-state index is 14.4. The summed E-state index contributed by atoms with van der Waals surface area (Å²) in [4.78, 5) is 0. The Bertz CT molecular complexity index is 1390. The van der Waals surface area contributed by atoms with Gasteiger partial charge in [-0.05, 0) is 70.8 Å². The van der Waals surface area contributed by atoms with Crippen molar-refractivity contribution in [3.8, 4) is 0 Å². The van der Waals surface area contributed by atoms with Crippen LogP contribution in [0.4, 0.5) is 0 Å². The van der Waals surface area contributed by atoms with E-state index in [9.17, 15) is 8.42 Å². The van der Waals surface area contributed by atoms with E-state index >= 15 is 0 Å². The molecule has 0 N–H and O–H groups in total.